The minimum Gasteiger partial charge on any atom is -0.371 e. The van der Waals surface area contributed by atoms with E-state index in [-0.39, 0.29) is 18.3 Å². The van der Waals surface area contributed by atoms with Crippen molar-refractivity contribution in [2.24, 2.45) is 23.0 Å². The summed E-state index contributed by atoms with van der Waals surface area (Å²) in [4.78, 5) is 0. The third-order valence-electron chi connectivity index (χ3n) is 5.11. The number of rotatable bonds is 5. The van der Waals surface area contributed by atoms with Crippen LogP contribution in [0.1, 0.15) is 46.0 Å². The highest BCUT2D eigenvalue weighted by Crippen LogP contribution is 2.57. The van der Waals surface area contributed by atoms with Gasteiger partial charge >= 0.3 is 0 Å². The number of aliphatic hydroxyl groups excluding tert-OH is 1. The lowest BCUT2D eigenvalue weighted by atomic mass is 9.68. The molecule has 2 aliphatic carbocycles. The fraction of sp³-hybridized carbons (Fsp3) is 1.00. The second kappa shape index (κ2) is 4.63. The van der Waals surface area contributed by atoms with Gasteiger partial charge in [0.2, 0.25) is 0 Å². The first-order valence-electron chi connectivity index (χ1n) is 6.59. The molecule has 0 spiro atoms. The largest absolute Gasteiger partial charge is 0.371 e. The molecule has 5 atom stereocenters. The third-order valence-corrected chi connectivity index (χ3v) is 5.11. The van der Waals surface area contributed by atoms with Gasteiger partial charge < -0.3 is 15.6 Å². The zero-order chi connectivity index (χ0) is 11.8. The van der Waals surface area contributed by atoms with Gasteiger partial charge in [0.1, 0.15) is 6.79 Å². The number of fused-ring (bicyclic) bond motifs is 2. The number of nitrogens with two attached hydrogens (primary N) is 1. The predicted octanol–water partition coefficient (Wildman–Crippen LogP) is 1.89. The molecule has 2 aliphatic rings. The average Bonchev–Trinajstić information content (AvgIpc) is 2.83. The molecule has 0 saturated heterocycles. The van der Waals surface area contributed by atoms with E-state index in [1.807, 2.05) is 0 Å². The third kappa shape index (κ3) is 1.89. The molecule has 0 aromatic heterocycles. The van der Waals surface area contributed by atoms with Gasteiger partial charge in [-0.2, -0.15) is 0 Å². The standard InChI is InChI=1S/C13H25NO2/c1-3-11(16-8-15)7-13(2)10-5-4-9(6-10)12(13)14/h9-12,15H,3-8,14H2,1-2H3/t9-,10?,11-,12-,13-/m1/s1. The average molecular weight is 227 g/mol. The Morgan fingerprint density at radius 3 is 2.75 bits per heavy atom. The molecular formula is C13H25NO2. The van der Waals surface area contributed by atoms with Crippen LogP contribution in [0.4, 0.5) is 0 Å². The monoisotopic (exact) mass is 227 g/mol. The van der Waals surface area contributed by atoms with E-state index in [4.69, 9.17) is 15.6 Å². The van der Waals surface area contributed by atoms with Crippen LogP contribution < -0.4 is 5.73 Å². The van der Waals surface area contributed by atoms with Crippen LogP contribution in [-0.2, 0) is 4.74 Å². The summed E-state index contributed by atoms with van der Waals surface area (Å²) >= 11 is 0. The fourth-order valence-corrected chi connectivity index (χ4v) is 3.97. The quantitative estimate of drug-likeness (QED) is 0.705. The van der Waals surface area contributed by atoms with E-state index in [1.165, 1.54) is 19.3 Å². The van der Waals surface area contributed by atoms with Crippen molar-refractivity contribution in [1.29, 1.82) is 0 Å². The Kier molecular flexibility index (Phi) is 3.57. The number of aliphatic hydroxyl groups is 1. The Bertz CT molecular complexity index is 242. The molecular weight excluding hydrogens is 202 g/mol. The molecule has 16 heavy (non-hydrogen) atoms. The van der Waals surface area contributed by atoms with Crippen LogP contribution in [0, 0.1) is 17.3 Å². The Morgan fingerprint density at radius 1 is 1.50 bits per heavy atom. The zero-order valence-electron chi connectivity index (χ0n) is 10.5. The van der Waals surface area contributed by atoms with Gasteiger partial charge in [-0.05, 0) is 49.4 Å². The van der Waals surface area contributed by atoms with Crippen LogP contribution >= 0.6 is 0 Å². The lowest BCUT2D eigenvalue weighted by molar-refractivity contribution is -0.0747. The molecule has 2 rings (SSSR count). The van der Waals surface area contributed by atoms with Crippen molar-refractivity contribution < 1.29 is 9.84 Å². The maximum Gasteiger partial charge on any atom is 0.143 e. The van der Waals surface area contributed by atoms with Gasteiger partial charge in [-0.3, -0.25) is 0 Å². The number of hydrogen-bond donors (Lipinski definition) is 2. The molecule has 94 valence electrons. The minimum absolute atomic E-state index is 0.167. The highest BCUT2D eigenvalue weighted by molar-refractivity contribution is 5.06. The van der Waals surface area contributed by atoms with E-state index in [0.717, 1.165) is 24.7 Å². The van der Waals surface area contributed by atoms with Gasteiger partial charge in [0, 0.05) is 6.04 Å². The lowest BCUT2D eigenvalue weighted by Gasteiger charge is -2.41. The zero-order valence-corrected chi connectivity index (χ0v) is 10.5. The first kappa shape index (κ1) is 12.3. The second-order valence-electron chi connectivity index (χ2n) is 5.83. The molecule has 2 bridgehead atoms. The summed E-state index contributed by atoms with van der Waals surface area (Å²) < 4.78 is 5.37. The highest BCUT2D eigenvalue weighted by atomic mass is 16.6. The summed E-state index contributed by atoms with van der Waals surface area (Å²) in [6.07, 6.45) is 6.10. The van der Waals surface area contributed by atoms with E-state index >= 15 is 0 Å². The summed E-state index contributed by atoms with van der Waals surface area (Å²) in [7, 11) is 0. The van der Waals surface area contributed by atoms with Crippen molar-refractivity contribution in [1.82, 2.24) is 0 Å². The fourth-order valence-electron chi connectivity index (χ4n) is 3.97. The lowest BCUT2D eigenvalue weighted by Crippen LogP contribution is -2.46. The van der Waals surface area contributed by atoms with Crippen molar-refractivity contribution >= 4 is 0 Å². The van der Waals surface area contributed by atoms with Gasteiger partial charge in [-0.1, -0.05) is 13.8 Å². The van der Waals surface area contributed by atoms with E-state index in [9.17, 15) is 0 Å². The summed E-state index contributed by atoms with van der Waals surface area (Å²) in [5, 5.41) is 8.87. The summed E-state index contributed by atoms with van der Waals surface area (Å²) in [6, 6.07) is 0.336. The van der Waals surface area contributed by atoms with Crippen molar-refractivity contribution in [3.63, 3.8) is 0 Å². The topological polar surface area (TPSA) is 55.5 Å². The molecule has 0 heterocycles. The van der Waals surface area contributed by atoms with Crippen molar-refractivity contribution in [2.75, 3.05) is 6.79 Å². The summed E-state index contributed by atoms with van der Waals surface area (Å²) in [5.41, 5.74) is 6.61. The molecule has 0 aliphatic heterocycles. The highest BCUT2D eigenvalue weighted by Gasteiger charge is 2.54. The van der Waals surface area contributed by atoms with Gasteiger partial charge in [-0.25, -0.2) is 0 Å². The molecule has 0 aromatic rings. The predicted molar refractivity (Wildman–Crippen MR) is 63.8 cm³/mol. The molecule has 1 unspecified atom stereocenters. The minimum atomic E-state index is -0.169. The van der Waals surface area contributed by atoms with Gasteiger partial charge in [0.05, 0.1) is 6.10 Å². The van der Waals surface area contributed by atoms with E-state index < -0.39 is 0 Å². The molecule has 0 aromatic carbocycles. The van der Waals surface area contributed by atoms with E-state index in [2.05, 4.69) is 13.8 Å². The van der Waals surface area contributed by atoms with Crippen LogP contribution in [0.15, 0.2) is 0 Å². The number of ether oxygens (including phenoxy) is 1. The molecule has 0 amide bonds. The Labute approximate surface area is 98.4 Å². The summed E-state index contributed by atoms with van der Waals surface area (Å²) in [5.74, 6) is 1.52. The van der Waals surface area contributed by atoms with Crippen molar-refractivity contribution in [3.05, 3.63) is 0 Å². The Hall–Kier alpha value is -0.120. The van der Waals surface area contributed by atoms with Gasteiger partial charge in [0.15, 0.2) is 0 Å². The van der Waals surface area contributed by atoms with Crippen LogP contribution in [0.3, 0.4) is 0 Å². The maximum atomic E-state index is 8.87. The smallest absolute Gasteiger partial charge is 0.143 e. The van der Waals surface area contributed by atoms with Crippen molar-refractivity contribution in [3.8, 4) is 0 Å². The Balaban J connectivity index is 2.02. The molecule has 3 N–H and O–H groups in total. The normalized spacial score (nSPS) is 43.9. The summed E-state index contributed by atoms with van der Waals surface area (Å²) in [6.45, 7) is 4.27. The molecule has 2 saturated carbocycles. The number of hydrogen-bond acceptors (Lipinski definition) is 3. The van der Waals surface area contributed by atoms with Gasteiger partial charge in [0.25, 0.3) is 0 Å². The molecule has 3 nitrogen and oxygen atoms in total. The second-order valence-corrected chi connectivity index (χ2v) is 5.83. The molecule has 0 radical (unpaired) electrons. The van der Waals surface area contributed by atoms with E-state index in [0.29, 0.717) is 6.04 Å². The first-order chi connectivity index (χ1) is 7.61. The SMILES string of the molecule is CC[C@H](C[C@]1(C)C2CC[C@H](C2)[C@H]1N)OCO. The van der Waals surface area contributed by atoms with Crippen molar-refractivity contribution in [2.45, 2.75) is 58.1 Å². The molecule has 3 heteroatoms. The van der Waals surface area contributed by atoms with Crippen LogP contribution in [0.5, 0.6) is 0 Å². The molecule has 2 fully saturated rings. The Morgan fingerprint density at radius 2 is 2.25 bits per heavy atom. The van der Waals surface area contributed by atoms with Crippen LogP contribution in [0.2, 0.25) is 0 Å². The van der Waals surface area contributed by atoms with Gasteiger partial charge in [-0.15, -0.1) is 0 Å². The van der Waals surface area contributed by atoms with Crippen LogP contribution in [0.25, 0.3) is 0 Å². The maximum absolute atomic E-state index is 8.87. The van der Waals surface area contributed by atoms with E-state index in [1.54, 1.807) is 0 Å². The first-order valence-corrected chi connectivity index (χ1v) is 6.59. The van der Waals surface area contributed by atoms with Crippen LogP contribution in [-0.4, -0.2) is 24.0 Å².